The van der Waals surface area contributed by atoms with Crippen LogP contribution >= 0.6 is 0 Å². The van der Waals surface area contributed by atoms with Crippen LogP contribution < -0.4 is 5.73 Å². The molecule has 0 aliphatic heterocycles. The average Bonchev–Trinajstić information content (AvgIpc) is 2.48. The van der Waals surface area contributed by atoms with Gasteiger partial charge in [-0.25, -0.2) is 9.98 Å². The summed E-state index contributed by atoms with van der Waals surface area (Å²) >= 11 is 0. The first-order chi connectivity index (χ1) is 9.73. The Bertz CT molecular complexity index is 730. The molecular weight excluding hydrogens is 250 g/mol. The van der Waals surface area contributed by atoms with E-state index in [-0.39, 0.29) is 0 Å². The minimum Gasteiger partial charge on any atom is -0.390 e. The van der Waals surface area contributed by atoms with Crippen molar-refractivity contribution in [3.05, 3.63) is 54.1 Å². The van der Waals surface area contributed by atoms with Crippen molar-refractivity contribution in [1.82, 2.24) is 4.98 Å². The summed E-state index contributed by atoms with van der Waals surface area (Å²) in [6.07, 6.45) is 5.73. The third kappa shape index (κ3) is 2.49. The minimum absolute atomic E-state index is 0.499. The predicted octanol–water partition coefficient (Wildman–Crippen LogP) is 3.26. The summed E-state index contributed by atoms with van der Waals surface area (Å²) in [7, 11) is 0. The molecule has 0 atom stereocenters. The van der Waals surface area contributed by atoms with Crippen molar-refractivity contribution >= 4 is 34.9 Å². The van der Waals surface area contributed by atoms with E-state index in [0.717, 1.165) is 22.8 Å². The van der Waals surface area contributed by atoms with Gasteiger partial charge in [0.25, 0.3) is 0 Å². The number of hydrogen-bond donors (Lipinski definition) is 1. The van der Waals surface area contributed by atoms with Crippen LogP contribution in [0.2, 0.25) is 0 Å². The molecule has 1 aromatic carbocycles. The number of carbonyl (C=O) groups excluding carboxylic acids is 1. The van der Waals surface area contributed by atoms with Gasteiger partial charge in [-0.15, -0.1) is 0 Å². The fraction of sp³-hybridized carbons (Fsp3) is 0.0625. The summed E-state index contributed by atoms with van der Waals surface area (Å²) in [4.78, 5) is 19.3. The zero-order valence-corrected chi connectivity index (χ0v) is 11.2. The number of allylic oxidation sites excluding steroid dienone is 3. The van der Waals surface area contributed by atoms with Crippen molar-refractivity contribution < 1.29 is 4.79 Å². The predicted molar refractivity (Wildman–Crippen MR) is 83.3 cm³/mol. The van der Waals surface area contributed by atoms with Gasteiger partial charge in [0.15, 0.2) is 5.82 Å². The van der Waals surface area contributed by atoms with Crippen LogP contribution in [0.3, 0.4) is 0 Å². The summed E-state index contributed by atoms with van der Waals surface area (Å²) in [5.74, 6) is 0.499. The second kappa shape index (κ2) is 5.93. The van der Waals surface area contributed by atoms with E-state index in [9.17, 15) is 4.79 Å². The molecule has 0 bridgehead atoms. The van der Waals surface area contributed by atoms with Gasteiger partial charge in [0.05, 0.1) is 11.9 Å². The number of nitrogens with zero attached hydrogens (tertiary/aromatic N) is 2. The number of hydrogen-bond acceptors (Lipinski definition) is 3. The molecule has 1 heterocycles. The summed E-state index contributed by atoms with van der Waals surface area (Å²) < 4.78 is 0. The molecule has 0 radical (unpaired) electrons. The lowest BCUT2D eigenvalue weighted by molar-refractivity contribution is 0.112. The molecule has 2 rings (SSSR count). The second-order valence-corrected chi connectivity index (χ2v) is 4.15. The number of fused-ring (bicyclic) bond motifs is 1. The molecule has 0 amide bonds. The number of aliphatic imine (C=N–C) groups is 1. The number of nitrogens with two attached hydrogens (primary N) is 1. The maximum atomic E-state index is 10.9. The number of aromatic nitrogens is 1. The molecule has 0 aliphatic rings. The van der Waals surface area contributed by atoms with Crippen LogP contribution in [0, 0.1) is 0 Å². The van der Waals surface area contributed by atoms with Gasteiger partial charge in [0.2, 0.25) is 0 Å². The van der Waals surface area contributed by atoms with E-state index >= 15 is 0 Å². The first-order valence-corrected chi connectivity index (χ1v) is 6.17. The number of rotatable bonds is 4. The molecule has 20 heavy (non-hydrogen) atoms. The minimum atomic E-state index is 0.499. The van der Waals surface area contributed by atoms with Crippen LogP contribution in [0.4, 0.5) is 5.82 Å². The molecule has 2 aromatic rings. The van der Waals surface area contributed by atoms with Gasteiger partial charge in [0, 0.05) is 10.9 Å². The van der Waals surface area contributed by atoms with Crippen molar-refractivity contribution in [2.75, 3.05) is 0 Å². The number of benzene rings is 1. The van der Waals surface area contributed by atoms with E-state index in [0.29, 0.717) is 16.9 Å². The van der Waals surface area contributed by atoms with Gasteiger partial charge >= 0.3 is 0 Å². The van der Waals surface area contributed by atoms with E-state index in [1.807, 2.05) is 25.1 Å². The Morgan fingerprint density at radius 2 is 2.20 bits per heavy atom. The smallest absolute Gasteiger partial charge is 0.154 e. The van der Waals surface area contributed by atoms with Gasteiger partial charge in [-0.1, -0.05) is 30.9 Å². The van der Waals surface area contributed by atoms with Crippen molar-refractivity contribution in [3.63, 3.8) is 0 Å². The molecule has 4 nitrogen and oxygen atoms in total. The van der Waals surface area contributed by atoms with E-state index < -0.39 is 0 Å². The SMILES string of the molecule is C=C/C(=C\C)c1cc(N=CN)nc2cc(C=O)ccc12. The zero-order chi connectivity index (χ0) is 14.5. The highest BCUT2D eigenvalue weighted by Gasteiger charge is 2.08. The van der Waals surface area contributed by atoms with Crippen molar-refractivity contribution in [3.8, 4) is 0 Å². The van der Waals surface area contributed by atoms with Crippen molar-refractivity contribution in [1.29, 1.82) is 0 Å². The fourth-order valence-corrected chi connectivity index (χ4v) is 2.07. The summed E-state index contributed by atoms with van der Waals surface area (Å²) in [5.41, 5.74) is 8.55. The molecule has 0 fully saturated rings. The van der Waals surface area contributed by atoms with Crippen LogP contribution in [0.25, 0.3) is 16.5 Å². The molecule has 0 spiro atoms. The van der Waals surface area contributed by atoms with Crippen LogP contribution in [0.1, 0.15) is 22.8 Å². The van der Waals surface area contributed by atoms with Crippen LogP contribution in [0.5, 0.6) is 0 Å². The van der Waals surface area contributed by atoms with Gasteiger partial charge in [0.1, 0.15) is 6.29 Å². The van der Waals surface area contributed by atoms with E-state index in [4.69, 9.17) is 5.73 Å². The summed E-state index contributed by atoms with van der Waals surface area (Å²) in [6, 6.07) is 7.23. The van der Waals surface area contributed by atoms with E-state index in [1.54, 1.807) is 18.2 Å². The zero-order valence-electron chi connectivity index (χ0n) is 11.2. The van der Waals surface area contributed by atoms with Gasteiger partial charge in [-0.3, -0.25) is 4.79 Å². The van der Waals surface area contributed by atoms with Gasteiger partial charge < -0.3 is 5.73 Å². The third-order valence-electron chi connectivity index (χ3n) is 3.01. The maximum Gasteiger partial charge on any atom is 0.154 e. The number of pyridine rings is 1. The lowest BCUT2D eigenvalue weighted by atomic mass is 10.00. The standard InChI is InChI=1S/C16H15N3O/c1-3-12(4-2)14-8-16(18-10-17)19-15-7-11(9-20)5-6-13(14)15/h3-10H,1H2,2H3,(H2,17,18,19)/b12-4+. The number of aldehydes is 1. The molecular formula is C16H15N3O. The van der Waals surface area contributed by atoms with E-state index in [2.05, 4.69) is 16.6 Å². The molecule has 0 aliphatic carbocycles. The molecule has 0 saturated heterocycles. The maximum absolute atomic E-state index is 10.9. The highest BCUT2D eigenvalue weighted by atomic mass is 16.1. The Balaban J connectivity index is 2.83. The van der Waals surface area contributed by atoms with Crippen molar-refractivity contribution in [2.24, 2.45) is 10.7 Å². The fourth-order valence-electron chi connectivity index (χ4n) is 2.07. The molecule has 1 aromatic heterocycles. The summed E-state index contributed by atoms with van der Waals surface area (Å²) in [5, 5.41) is 0.944. The first kappa shape index (κ1) is 13.7. The van der Waals surface area contributed by atoms with Gasteiger partial charge in [-0.2, -0.15) is 0 Å². The molecule has 0 saturated carbocycles. The lowest BCUT2D eigenvalue weighted by Crippen LogP contribution is -1.92. The topological polar surface area (TPSA) is 68.3 Å². The van der Waals surface area contributed by atoms with Gasteiger partial charge in [-0.05, 0) is 30.2 Å². The Morgan fingerprint density at radius 1 is 1.40 bits per heavy atom. The monoisotopic (exact) mass is 265 g/mol. The Kier molecular flexibility index (Phi) is 4.05. The van der Waals surface area contributed by atoms with E-state index in [1.165, 1.54) is 6.34 Å². The van der Waals surface area contributed by atoms with Crippen LogP contribution in [-0.2, 0) is 0 Å². The number of carbonyl (C=O) groups is 1. The third-order valence-corrected chi connectivity index (χ3v) is 3.01. The Morgan fingerprint density at radius 3 is 2.80 bits per heavy atom. The molecule has 2 N–H and O–H groups in total. The summed E-state index contributed by atoms with van der Waals surface area (Å²) in [6.45, 7) is 5.76. The normalized spacial score (nSPS) is 11.9. The first-order valence-electron chi connectivity index (χ1n) is 6.17. The Labute approximate surface area is 117 Å². The highest BCUT2D eigenvalue weighted by Crippen LogP contribution is 2.29. The largest absolute Gasteiger partial charge is 0.390 e. The second-order valence-electron chi connectivity index (χ2n) is 4.15. The molecule has 100 valence electrons. The van der Waals surface area contributed by atoms with Crippen LogP contribution in [-0.4, -0.2) is 17.6 Å². The molecule has 0 unspecified atom stereocenters. The van der Waals surface area contributed by atoms with Crippen LogP contribution in [0.15, 0.2) is 48.0 Å². The average molecular weight is 265 g/mol. The highest BCUT2D eigenvalue weighted by molar-refractivity contribution is 5.97. The Hall–Kier alpha value is -2.75. The lowest BCUT2D eigenvalue weighted by Gasteiger charge is -2.09. The van der Waals surface area contributed by atoms with Crippen molar-refractivity contribution in [2.45, 2.75) is 6.92 Å². The molecule has 4 heteroatoms. The quantitative estimate of drug-likeness (QED) is 0.399.